The Bertz CT molecular complexity index is 1060. The zero-order valence-corrected chi connectivity index (χ0v) is 18.4. The molecule has 1 aliphatic heterocycles. The third-order valence-corrected chi connectivity index (χ3v) is 5.45. The average Bonchev–Trinajstić information content (AvgIpc) is 3.12. The second-order valence-electron chi connectivity index (χ2n) is 7.46. The van der Waals surface area contributed by atoms with Gasteiger partial charge in [-0.05, 0) is 63.1 Å². The summed E-state index contributed by atoms with van der Waals surface area (Å²) in [6.45, 7) is 8.62. The molecule has 2 heterocycles. The van der Waals surface area contributed by atoms with Crippen LogP contribution < -0.4 is 0 Å². The fourth-order valence-corrected chi connectivity index (χ4v) is 3.93. The molecule has 0 radical (unpaired) electrons. The zero-order chi connectivity index (χ0) is 22.0. The SMILES string of the molecule is COCCN1C(=O)/C(=C\c2cc(C)n(-c3cccc(C)c3)c2C)C(C(=O)OC)=C1C. The molecule has 0 atom stereocenters. The molecule has 2 aromatic rings. The molecule has 0 aliphatic carbocycles. The Kier molecular flexibility index (Phi) is 6.27. The maximum Gasteiger partial charge on any atom is 0.340 e. The van der Waals surface area contributed by atoms with Crippen LogP contribution in [0.4, 0.5) is 0 Å². The van der Waals surface area contributed by atoms with Gasteiger partial charge in [0.2, 0.25) is 0 Å². The lowest BCUT2D eigenvalue weighted by molar-refractivity contribution is -0.136. The predicted molar refractivity (Wildman–Crippen MR) is 116 cm³/mol. The first kappa shape index (κ1) is 21.6. The molecule has 158 valence electrons. The van der Waals surface area contributed by atoms with E-state index in [-0.39, 0.29) is 5.91 Å². The van der Waals surface area contributed by atoms with Crippen LogP contribution in [0.15, 0.2) is 47.2 Å². The number of benzene rings is 1. The summed E-state index contributed by atoms with van der Waals surface area (Å²) in [5.74, 6) is -0.732. The predicted octanol–water partition coefficient (Wildman–Crippen LogP) is 3.72. The molecule has 6 nitrogen and oxygen atoms in total. The number of allylic oxidation sites excluding steroid dienone is 1. The van der Waals surface area contributed by atoms with Crippen LogP contribution in [-0.2, 0) is 19.1 Å². The van der Waals surface area contributed by atoms with Gasteiger partial charge in [0.1, 0.15) is 0 Å². The van der Waals surface area contributed by atoms with Crippen LogP contribution in [-0.4, -0.2) is 48.7 Å². The third kappa shape index (κ3) is 3.83. The number of esters is 1. The Hall–Kier alpha value is -3.12. The van der Waals surface area contributed by atoms with Crippen molar-refractivity contribution in [3.05, 3.63) is 69.7 Å². The molecule has 0 spiro atoms. The number of carbonyl (C=O) groups excluding carboxylic acids is 2. The Labute approximate surface area is 177 Å². The summed E-state index contributed by atoms with van der Waals surface area (Å²) in [5, 5.41) is 0. The lowest BCUT2D eigenvalue weighted by atomic mass is 10.0. The van der Waals surface area contributed by atoms with Gasteiger partial charge in [-0.15, -0.1) is 0 Å². The minimum atomic E-state index is -0.514. The molecule has 0 fully saturated rings. The van der Waals surface area contributed by atoms with Crippen LogP contribution in [0.1, 0.15) is 29.4 Å². The first-order valence-electron chi connectivity index (χ1n) is 9.88. The summed E-state index contributed by atoms with van der Waals surface area (Å²) in [7, 11) is 2.91. The molecule has 30 heavy (non-hydrogen) atoms. The van der Waals surface area contributed by atoms with E-state index in [4.69, 9.17) is 9.47 Å². The standard InChI is InChI=1S/C24H28N2O4/c1-15-8-7-9-20(12-15)26-16(2)13-19(17(26)3)14-21-22(24(28)30-6)18(4)25(23(21)27)10-11-29-5/h7-9,12-14H,10-11H2,1-6H3/b21-14-. The largest absolute Gasteiger partial charge is 0.465 e. The minimum Gasteiger partial charge on any atom is -0.465 e. The van der Waals surface area contributed by atoms with E-state index in [1.807, 2.05) is 26.0 Å². The zero-order valence-electron chi connectivity index (χ0n) is 18.4. The topological polar surface area (TPSA) is 60.8 Å². The van der Waals surface area contributed by atoms with E-state index in [0.717, 1.165) is 22.6 Å². The highest BCUT2D eigenvalue weighted by molar-refractivity contribution is 6.16. The summed E-state index contributed by atoms with van der Waals surface area (Å²) in [6.07, 6.45) is 1.79. The van der Waals surface area contributed by atoms with Gasteiger partial charge in [0, 0.05) is 36.4 Å². The molecule has 1 aliphatic rings. The molecule has 3 rings (SSSR count). The molecule has 0 N–H and O–H groups in total. The molecule has 0 bridgehead atoms. The monoisotopic (exact) mass is 408 g/mol. The van der Waals surface area contributed by atoms with Crippen molar-refractivity contribution >= 4 is 18.0 Å². The fourth-order valence-electron chi connectivity index (χ4n) is 3.93. The van der Waals surface area contributed by atoms with Crippen LogP contribution in [0.3, 0.4) is 0 Å². The normalized spacial score (nSPS) is 15.5. The molecule has 6 heteroatoms. The van der Waals surface area contributed by atoms with Crippen LogP contribution in [0.25, 0.3) is 11.8 Å². The van der Waals surface area contributed by atoms with Gasteiger partial charge in [0.25, 0.3) is 5.91 Å². The number of hydrogen-bond acceptors (Lipinski definition) is 4. The quantitative estimate of drug-likeness (QED) is 0.540. The lowest BCUT2D eigenvalue weighted by Crippen LogP contribution is -2.28. The van der Waals surface area contributed by atoms with Crippen molar-refractivity contribution in [1.82, 2.24) is 9.47 Å². The number of carbonyl (C=O) groups is 2. The van der Waals surface area contributed by atoms with Crippen molar-refractivity contribution in [2.75, 3.05) is 27.4 Å². The van der Waals surface area contributed by atoms with Crippen LogP contribution in [0.5, 0.6) is 0 Å². The summed E-state index contributed by atoms with van der Waals surface area (Å²) in [6, 6.07) is 10.3. The maximum atomic E-state index is 13.1. The molecule has 0 unspecified atom stereocenters. The van der Waals surface area contributed by atoms with Crippen molar-refractivity contribution in [2.24, 2.45) is 0 Å². The van der Waals surface area contributed by atoms with E-state index in [0.29, 0.717) is 30.0 Å². The molecule has 0 saturated carbocycles. The fraction of sp³-hybridized carbons (Fsp3) is 0.333. The Morgan fingerprint density at radius 1 is 1.10 bits per heavy atom. The number of amides is 1. The molecule has 1 amide bonds. The summed E-state index contributed by atoms with van der Waals surface area (Å²) < 4.78 is 12.2. The minimum absolute atomic E-state index is 0.217. The summed E-state index contributed by atoms with van der Waals surface area (Å²) in [5.41, 5.74) is 6.41. The molecule has 1 aromatic heterocycles. The van der Waals surface area contributed by atoms with Crippen LogP contribution in [0.2, 0.25) is 0 Å². The second kappa shape index (κ2) is 8.71. The van der Waals surface area contributed by atoms with Gasteiger partial charge in [0.15, 0.2) is 0 Å². The van der Waals surface area contributed by atoms with Crippen LogP contribution in [0, 0.1) is 20.8 Å². The van der Waals surface area contributed by atoms with Crippen molar-refractivity contribution in [1.29, 1.82) is 0 Å². The first-order valence-corrected chi connectivity index (χ1v) is 9.88. The van der Waals surface area contributed by atoms with Crippen molar-refractivity contribution < 1.29 is 19.1 Å². The number of nitrogens with zero attached hydrogens (tertiary/aromatic N) is 2. The number of methoxy groups -OCH3 is 2. The number of ether oxygens (including phenoxy) is 2. The van der Waals surface area contributed by atoms with Gasteiger partial charge in [-0.3, -0.25) is 4.79 Å². The Balaban J connectivity index is 2.10. The van der Waals surface area contributed by atoms with Gasteiger partial charge in [-0.1, -0.05) is 12.1 Å². The number of rotatable bonds is 6. The van der Waals surface area contributed by atoms with E-state index in [1.54, 1.807) is 25.0 Å². The van der Waals surface area contributed by atoms with Crippen molar-refractivity contribution in [3.8, 4) is 5.69 Å². The smallest absolute Gasteiger partial charge is 0.340 e. The molecular formula is C24H28N2O4. The number of aryl methyl sites for hydroxylation is 2. The third-order valence-electron chi connectivity index (χ3n) is 5.45. The van der Waals surface area contributed by atoms with E-state index in [1.165, 1.54) is 12.7 Å². The Morgan fingerprint density at radius 3 is 2.47 bits per heavy atom. The molecule has 0 saturated heterocycles. The van der Waals surface area contributed by atoms with Gasteiger partial charge >= 0.3 is 5.97 Å². The van der Waals surface area contributed by atoms with Crippen molar-refractivity contribution in [3.63, 3.8) is 0 Å². The summed E-state index contributed by atoms with van der Waals surface area (Å²) in [4.78, 5) is 27.2. The van der Waals surface area contributed by atoms with Gasteiger partial charge in [-0.25, -0.2) is 4.79 Å². The van der Waals surface area contributed by atoms with E-state index in [9.17, 15) is 9.59 Å². The average molecular weight is 408 g/mol. The number of hydrogen-bond donors (Lipinski definition) is 0. The summed E-state index contributed by atoms with van der Waals surface area (Å²) >= 11 is 0. The van der Waals surface area contributed by atoms with Crippen molar-refractivity contribution in [2.45, 2.75) is 27.7 Å². The highest BCUT2D eigenvalue weighted by atomic mass is 16.5. The van der Waals surface area contributed by atoms with E-state index in [2.05, 4.69) is 29.7 Å². The van der Waals surface area contributed by atoms with Gasteiger partial charge in [0.05, 0.1) is 24.9 Å². The second-order valence-corrected chi connectivity index (χ2v) is 7.46. The number of aromatic nitrogens is 1. The maximum absolute atomic E-state index is 13.1. The highest BCUT2D eigenvalue weighted by Gasteiger charge is 2.37. The molecular weight excluding hydrogens is 380 g/mol. The Morgan fingerprint density at radius 2 is 1.83 bits per heavy atom. The van der Waals surface area contributed by atoms with E-state index < -0.39 is 5.97 Å². The first-order chi connectivity index (χ1) is 14.3. The van der Waals surface area contributed by atoms with Gasteiger partial charge in [-0.2, -0.15) is 0 Å². The lowest BCUT2D eigenvalue weighted by Gasteiger charge is -2.16. The van der Waals surface area contributed by atoms with Crippen LogP contribution >= 0.6 is 0 Å². The van der Waals surface area contributed by atoms with E-state index >= 15 is 0 Å². The highest BCUT2D eigenvalue weighted by Crippen LogP contribution is 2.33. The molecule has 1 aromatic carbocycles. The van der Waals surface area contributed by atoms with Gasteiger partial charge < -0.3 is 18.9 Å².